The van der Waals surface area contributed by atoms with Gasteiger partial charge in [0.15, 0.2) is 0 Å². The van der Waals surface area contributed by atoms with Gasteiger partial charge in [-0.15, -0.1) is 0 Å². The summed E-state index contributed by atoms with van der Waals surface area (Å²) < 4.78 is 32.0. The molecule has 3 N–H and O–H groups in total. The fraction of sp³-hybridized carbons (Fsp3) is 0.538. The van der Waals surface area contributed by atoms with E-state index in [1.54, 1.807) is 0 Å². The number of unbranched alkanes of at least 4 members (excludes halogenated alkanes) is 1. The van der Waals surface area contributed by atoms with Gasteiger partial charge in [-0.2, -0.15) is 0 Å². The normalized spacial score (nSPS) is 12.0. The van der Waals surface area contributed by atoms with Gasteiger partial charge in [-0.05, 0) is 44.9 Å². The van der Waals surface area contributed by atoms with Crippen molar-refractivity contribution in [3.05, 3.63) is 23.2 Å². The Morgan fingerprint density at radius 3 is 2.65 bits per heavy atom. The fourth-order valence-corrected chi connectivity index (χ4v) is 3.19. The highest BCUT2D eigenvalue weighted by atomic mass is 35.5. The second-order valence-corrected chi connectivity index (χ2v) is 6.86. The van der Waals surface area contributed by atoms with Crippen LogP contribution in [0.2, 0.25) is 5.02 Å². The second-order valence-electron chi connectivity index (χ2n) is 4.71. The van der Waals surface area contributed by atoms with Crippen LogP contribution in [0.3, 0.4) is 0 Å². The first-order valence-electron chi connectivity index (χ1n) is 6.49. The molecule has 5 nitrogen and oxygen atoms in total. The molecule has 0 atom stereocenters. The molecule has 0 saturated heterocycles. The fourth-order valence-electron chi connectivity index (χ4n) is 1.57. The number of rotatable bonds is 8. The number of hydrogen-bond acceptors (Lipinski definition) is 4. The number of ether oxygens (including phenoxy) is 1. The molecule has 0 amide bonds. The second kappa shape index (κ2) is 7.83. The Bertz CT molecular complexity index is 532. The summed E-state index contributed by atoms with van der Waals surface area (Å²) in [4.78, 5) is 0.0480. The maximum Gasteiger partial charge on any atom is 0.242 e. The molecule has 7 heteroatoms. The smallest absolute Gasteiger partial charge is 0.242 e. The van der Waals surface area contributed by atoms with Gasteiger partial charge in [0.2, 0.25) is 10.0 Å². The van der Waals surface area contributed by atoms with Crippen LogP contribution in [0.15, 0.2) is 23.1 Å². The molecule has 0 unspecified atom stereocenters. The number of anilines is 1. The van der Waals surface area contributed by atoms with E-state index in [2.05, 4.69) is 4.72 Å². The molecule has 114 valence electrons. The van der Waals surface area contributed by atoms with Gasteiger partial charge in [-0.3, -0.25) is 0 Å². The molecule has 0 heterocycles. The first-order valence-corrected chi connectivity index (χ1v) is 8.35. The largest absolute Gasteiger partial charge is 0.399 e. The number of nitrogens with one attached hydrogen (secondary N) is 1. The molecule has 0 aliphatic rings. The van der Waals surface area contributed by atoms with Gasteiger partial charge < -0.3 is 10.5 Å². The van der Waals surface area contributed by atoms with Gasteiger partial charge in [0, 0.05) is 18.8 Å². The average molecular weight is 321 g/mol. The lowest BCUT2D eigenvalue weighted by Gasteiger charge is -2.10. The predicted molar refractivity (Wildman–Crippen MR) is 81.4 cm³/mol. The lowest BCUT2D eigenvalue weighted by Crippen LogP contribution is -2.25. The lowest BCUT2D eigenvalue weighted by atomic mass is 10.3. The van der Waals surface area contributed by atoms with Crippen molar-refractivity contribution in [1.29, 1.82) is 0 Å². The standard InChI is InChI=1S/C13H21ClN2O3S/c1-10(2)19-8-4-3-7-16-20(17,18)13-6-5-11(15)9-12(13)14/h5-6,9-10,16H,3-4,7-8,15H2,1-2H3. The minimum Gasteiger partial charge on any atom is -0.399 e. The van der Waals surface area contributed by atoms with Crippen molar-refractivity contribution in [2.45, 2.75) is 37.7 Å². The van der Waals surface area contributed by atoms with E-state index >= 15 is 0 Å². The monoisotopic (exact) mass is 320 g/mol. The highest BCUT2D eigenvalue weighted by Crippen LogP contribution is 2.23. The molecule has 1 aromatic rings. The predicted octanol–water partition coefficient (Wildman–Crippen LogP) is 2.41. The average Bonchev–Trinajstić information content (AvgIpc) is 2.32. The molecular weight excluding hydrogens is 300 g/mol. The van der Waals surface area contributed by atoms with Crippen LogP contribution in [-0.4, -0.2) is 27.7 Å². The van der Waals surface area contributed by atoms with E-state index in [0.717, 1.165) is 6.42 Å². The molecule has 0 saturated carbocycles. The minimum absolute atomic E-state index is 0.0480. The molecule has 1 aromatic carbocycles. The third-order valence-corrected chi connectivity index (χ3v) is 4.50. The molecule has 0 spiro atoms. The maximum absolute atomic E-state index is 12.0. The zero-order valence-corrected chi connectivity index (χ0v) is 13.3. The van der Waals surface area contributed by atoms with Gasteiger partial charge in [0.1, 0.15) is 4.90 Å². The van der Waals surface area contributed by atoms with Crippen molar-refractivity contribution < 1.29 is 13.2 Å². The molecule has 0 aromatic heterocycles. The Balaban J connectivity index is 2.46. The third-order valence-electron chi connectivity index (χ3n) is 2.56. The summed E-state index contributed by atoms with van der Waals surface area (Å²) in [6.07, 6.45) is 1.70. The number of sulfonamides is 1. The van der Waals surface area contributed by atoms with E-state index in [1.165, 1.54) is 18.2 Å². The first kappa shape index (κ1) is 17.2. The molecule has 0 radical (unpaired) electrons. The third kappa shape index (κ3) is 5.66. The SMILES string of the molecule is CC(C)OCCCCNS(=O)(=O)c1ccc(N)cc1Cl. The van der Waals surface area contributed by atoms with Crippen LogP contribution in [0.5, 0.6) is 0 Å². The lowest BCUT2D eigenvalue weighted by molar-refractivity contribution is 0.0762. The summed E-state index contributed by atoms with van der Waals surface area (Å²) in [6.45, 7) is 4.91. The number of nitrogen functional groups attached to an aromatic ring is 1. The zero-order valence-electron chi connectivity index (χ0n) is 11.7. The topological polar surface area (TPSA) is 81.4 Å². The van der Waals surface area contributed by atoms with Crippen molar-refractivity contribution in [1.82, 2.24) is 4.72 Å². The van der Waals surface area contributed by atoms with Gasteiger partial charge in [-0.25, -0.2) is 13.1 Å². The Kier molecular flexibility index (Phi) is 6.75. The van der Waals surface area contributed by atoms with Gasteiger partial charge >= 0.3 is 0 Å². The number of benzene rings is 1. The molecule has 0 bridgehead atoms. The van der Waals surface area contributed by atoms with Crippen molar-refractivity contribution in [2.75, 3.05) is 18.9 Å². The number of hydrogen-bond donors (Lipinski definition) is 2. The summed E-state index contributed by atoms with van der Waals surface area (Å²) in [5.74, 6) is 0. The molecular formula is C13H21ClN2O3S. The summed E-state index contributed by atoms with van der Waals surface area (Å²) in [6, 6.07) is 4.34. The summed E-state index contributed by atoms with van der Waals surface area (Å²) in [7, 11) is -3.59. The van der Waals surface area contributed by atoms with Crippen LogP contribution < -0.4 is 10.5 Å². The van der Waals surface area contributed by atoms with Crippen LogP contribution in [0.1, 0.15) is 26.7 Å². The molecule has 0 fully saturated rings. The van der Waals surface area contributed by atoms with E-state index in [1.807, 2.05) is 13.8 Å². The number of nitrogens with two attached hydrogens (primary N) is 1. The van der Waals surface area contributed by atoms with E-state index in [4.69, 9.17) is 22.1 Å². The highest BCUT2D eigenvalue weighted by Gasteiger charge is 2.17. The van der Waals surface area contributed by atoms with Crippen LogP contribution in [0, 0.1) is 0 Å². The Hall–Kier alpha value is -0.820. The summed E-state index contributed by atoms with van der Waals surface area (Å²) in [5.41, 5.74) is 5.97. The zero-order chi connectivity index (χ0) is 15.2. The van der Waals surface area contributed by atoms with Crippen molar-refractivity contribution in [3.63, 3.8) is 0 Å². The summed E-state index contributed by atoms with van der Waals surface area (Å²) >= 11 is 5.89. The molecule has 0 aliphatic carbocycles. The van der Waals surface area contributed by atoms with Gasteiger partial charge in [0.25, 0.3) is 0 Å². The first-order chi connectivity index (χ1) is 9.33. The Morgan fingerprint density at radius 2 is 2.05 bits per heavy atom. The Labute approximate surface area is 125 Å². The highest BCUT2D eigenvalue weighted by molar-refractivity contribution is 7.89. The van der Waals surface area contributed by atoms with Crippen LogP contribution in [-0.2, 0) is 14.8 Å². The van der Waals surface area contributed by atoms with Crippen molar-refractivity contribution in [3.8, 4) is 0 Å². The quantitative estimate of drug-likeness (QED) is 0.569. The van der Waals surface area contributed by atoms with Crippen molar-refractivity contribution >= 4 is 27.3 Å². The Morgan fingerprint density at radius 1 is 1.35 bits per heavy atom. The minimum atomic E-state index is -3.59. The van der Waals surface area contributed by atoms with Crippen LogP contribution >= 0.6 is 11.6 Å². The van der Waals surface area contributed by atoms with Crippen LogP contribution in [0.4, 0.5) is 5.69 Å². The van der Waals surface area contributed by atoms with E-state index in [9.17, 15) is 8.42 Å². The van der Waals surface area contributed by atoms with Crippen LogP contribution in [0.25, 0.3) is 0 Å². The summed E-state index contributed by atoms with van der Waals surface area (Å²) in [5, 5.41) is 0.126. The van der Waals surface area contributed by atoms with E-state index < -0.39 is 10.0 Å². The van der Waals surface area contributed by atoms with Gasteiger partial charge in [0.05, 0.1) is 11.1 Å². The van der Waals surface area contributed by atoms with Crippen molar-refractivity contribution in [2.24, 2.45) is 0 Å². The molecule has 20 heavy (non-hydrogen) atoms. The van der Waals surface area contributed by atoms with Gasteiger partial charge in [-0.1, -0.05) is 11.6 Å². The molecule has 1 rings (SSSR count). The maximum atomic E-state index is 12.0. The molecule has 0 aliphatic heterocycles. The number of halogens is 1. The van der Waals surface area contributed by atoms with E-state index in [0.29, 0.717) is 25.3 Å². The van der Waals surface area contributed by atoms with E-state index in [-0.39, 0.29) is 16.0 Å².